The molecule has 0 spiro atoms. The summed E-state index contributed by atoms with van der Waals surface area (Å²) in [5, 5.41) is 24.9. The van der Waals surface area contributed by atoms with Crippen molar-refractivity contribution in [1.82, 2.24) is 0 Å². The van der Waals surface area contributed by atoms with Gasteiger partial charge in [0, 0.05) is 22.5 Å². The second-order valence-electron chi connectivity index (χ2n) is 11.6. The molecule has 0 saturated carbocycles. The molecule has 0 bridgehead atoms. The molecule has 6 aromatic carbocycles. The fourth-order valence-electron chi connectivity index (χ4n) is 5.18. The van der Waals surface area contributed by atoms with E-state index >= 15 is 0 Å². The molecular formula is C44H28N2O9. The van der Waals surface area contributed by atoms with Crippen molar-refractivity contribution in [3.8, 4) is 59.2 Å². The standard InChI is InChI=1S/C44H28N2O9/c1-3-27-5-9-29(10-6-27)45-41(47)37-23-21-35(25-39(37)43(49)50)54-33-17-13-31(14-18-33)53-32-15-19-34(20-16-32)55-36-22-24-38(40(26-36)44(51)52)42(48)46-30-11-7-28(4-2)8-12-30/h1-2,5-26H,(H,45,47)(H,46,48)(H,49,50)(H,51,52). The van der Waals surface area contributed by atoms with Crippen LogP contribution >= 0.6 is 0 Å². The molecule has 6 aromatic rings. The molecule has 0 aliphatic rings. The smallest absolute Gasteiger partial charge is 0.336 e. The fourth-order valence-corrected chi connectivity index (χ4v) is 5.18. The minimum absolute atomic E-state index is 0.0479. The van der Waals surface area contributed by atoms with Gasteiger partial charge in [-0.05, 0) is 133 Å². The molecule has 0 aliphatic heterocycles. The second-order valence-corrected chi connectivity index (χ2v) is 11.6. The molecule has 0 aliphatic carbocycles. The molecule has 0 unspecified atom stereocenters. The summed E-state index contributed by atoms with van der Waals surface area (Å²) in [6.07, 6.45) is 10.7. The van der Waals surface area contributed by atoms with Crippen molar-refractivity contribution in [3.05, 3.63) is 167 Å². The lowest BCUT2D eigenvalue weighted by atomic mass is 10.1. The average molecular weight is 729 g/mol. The predicted octanol–water partition coefficient (Wildman–Crippen LogP) is 8.93. The van der Waals surface area contributed by atoms with Crippen LogP contribution in [0.1, 0.15) is 52.6 Å². The van der Waals surface area contributed by atoms with Gasteiger partial charge in [0.2, 0.25) is 0 Å². The van der Waals surface area contributed by atoms with Gasteiger partial charge in [0.05, 0.1) is 22.3 Å². The van der Waals surface area contributed by atoms with Gasteiger partial charge >= 0.3 is 11.9 Å². The van der Waals surface area contributed by atoms with Crippen molar-refractivity contribution >= 4 is 35.1 Å². The van der Waals surface area contributed by atoms with E-state index in [-0.39, 0.29) is 33.8 Å². The number of carbonyl (C=O) groups excluding carboxylic acids is 2. The summed E-state index contributed by atoms with van der Waals surface area (Å²) in [6.45, 7) is 0. The van der Waals surface area contributed by atoms with Crippen molar-refractivity contribution in [2.24, 2.45) is 0 Å². The van der Waals surface area contributed by atoms with Crippen LogP contribution in [0.25, 0.3) is 0 Å². The van der Waals surface area contributed by atoms with E-state index in [0.29, 0.717) is 45.5 Å². The van der Waals surface area contributed by atoms with E-state index in [0.717, 1.165) is 0 Å². The van der Waals surface area contributed by atoms with Gasteiger partial charge in [0.1, 0.15) is 34.5 Å². The third kappa shape index (κ3) is 9.15. The number of amides is 2. The first-order chi connectivity index (χ1) is 26.6. The number of hydrogen-bond donors (Lipinski definition) is 4. The Bertz CT molecular complexity index is 2320. The number of carboxylic acids is 2. The summed E-state index contributed by atoms with van der Waals surface area (Å²) >= 11 is 0. The van der Waals surface area contributed by atoms with Gasteiger partial charge in [-0.25, -0.2) is 9.59 Å². The summed E-state index contributed by atoms with van der Waals surface area (Å²) in [4.78, 5) is 49.8. The Kier molecular flexibility index (Phi) is 10.9. The first-order valence-corrected chi connectivity index (χ1v) is 16.3. The van der Waals surface area contributed by atoms with Crippen LogP contribution in [-0.2, 0) is 0 Å². The van der Waals surface area contributed by atoms with Crippen LogP contribution in [0.15, 0.2) is 133 Å². The zero-order chi connectivity index (χ0) is 38.9. The van der Waals surface area contributed by atoms with Crippen molar-refractivity contribution in [3.63, 3.8) is 0 Å². The lowest BCUT2D eigenvalue weighted by Gasteiger charge is -2.12. The van der Waals surface area contributed by atoms with Gasteiger partial charge < -0.3 is 35.1 Å². The first kappa shape index (κ1) is 36.5. The molecule has 268 valence electrons. The highest BCUT2D eigenvalue weighted by Crippen LogP contribution is 2.31. The highest BCUT2D eigenvalue weighted by atomic mass is 16.5. The molecule has 11 heteroatoms. The summed E-state index contributed by atoms with van der Waals surface area (Å²) < 4.78 is 17.6. The maximum absolute atomic E-state index is 12.9. The Labute approximate surface area is 314 Å². The molecule has 6 rings (SSSR count). The lowest BCUT2D eigenvalue weighted by molar-refractivity contribution is 0.0683. The SMILES string of the molecule is C#Cc1ccc(NC(=O)c2ccc(Oc3ccc(Oc4ccc(Oc5ccc(C(=O)Nc6ccc(C#C)cc6)c(C(=O)O)c5)cc4)cc3)cc2C(=O)O)cc1. The number of rotatable bonds is 12. The highest BCUT2D eigenvalue weighted by molar-refractivity contribution is 6.11. The van der Waals surface area contributed by atoms with Gasteiger partial charge in [0.15, 0.2) is 0 Å². The van der Waals surface area contributed by atoms with Crippen molar-refractivity contribution in [2.45, 2.75) is 0 Å². The fraction of sp³-hybridized carbons (Fsp3) is 0. The quantitative estimate of drug-likeness (QED) is 0.0902. The van der Waals surface area contributed by atoms with Gasteiger partial charge in [0.25, 0.3) is 11.8 Å². The van der Waals surface area contributed by atoms with E-state index in [9.17, 15) is 29.4 Å². The molecule has 0 heterocycles. The Morgan fingerprint density at radius 2 is 0.709 bits per heavy atom. The number of nitrogens with one attached hydrogen (secondary N) is 2. The Hall–Kier alpha value is -8.28. The molecule has 0 fully saturated rings. The van der Waals surface area contributed by atoms with Crippen LogP contribution in [0.4, 0.5) is 11.4 Å². The van der Waals surface area contributed by atoms with Gasteiger partial charge in [-0.2, -0.15) is 0 Å². The summed E-state index contributed by atoms with van der Waals surface area (Å²) in [6, 6.07) is 34.5. The Balaban J connectivity index is 1.06. The summed E-state index contributed by atoms with van der Waals surface area (Å²) in [5.74, 6) is 3.30. The van der Waals surface area contributed by atoms with Crippen LogP contribution in [-0.4, -0.2) is 34.0 Å². The normalized spacial score (nSPS) is 10.2. The van der Waals surface area contributed by atoms with Gasteiger partial charge in [-0.15, -0.1) is 12.8 Å². The van der Waals surface area contributed by atoms with Crippen LogP contribution in [0.3, 0.4) is 0 Å². The molecule has 0 atom stereocenters. The minimum atomic E-state index is -1.30. The molecule has 0 aromatic heterocycles. The van der Waals surface area contributed by atoms with Gasteiger partial charge in [-0.3, -0.25) is 9.59 Å². The number of anilines is 2. The number of carbonyl (C=O) groups is 4. The number of aromatic carboxylic acids is 2. The number of ether oxygens (including phenoxy) is 3. The second kappa shape index (κ2) is 16.4. The van der Waals surface area contributed by atoms with E-state index in [4.69, 9.17) is 27.1 Å². The Morgan fingerprint density at radius 3 is 1.00 bits per heavy atom. The van der Waals surface area contributed by atoms with E-state index < -0.39 is 23.8 Å². The monoisotopic (exact) mass is 728 g/mol. The third-order valence-electron chi connectivity index (χ3n) is 7.91. The van der Waals surface area contributed by atoms with Crippen LogP contribution < -0.4 is 24.8 Å². The van der Waals surface area contributed by atoms with Crippen molar-refractivity contribution in [2.75, 3.05) is 10.6 Å². The molecule has 55 heavy (non-hydrogen) atoms. The number of benzene rings is 6. The van der Waals surface area contributed by atoms with E-state index in [1.54, 1.807) is 97.1 Å². The molecule has 4 N–H and O–H groups in total. The topological polar surface area (TPSA) is 160 Å². The lowest BCUT2D eigenvalue weighted by Crippen LogP contribution is -2.16. The molecular weight excluding hydrogens is 700 g/mol. The first-order valence-electron chi connectivity index (χ1n) is 16.3. The molecule has 11 nitrogen and oxygen atoms in total. The van der Waals surface area contributed by atoms with Gasteiger partial charge in [-0.1, -0.05) is 11.8 Å². The van der Waals surface area contributed by atoms with E-state index in [1.807, 2.05) is 0 Å². The number of terminal acetylenes is 2. The number of hydrogen-bond acceptors (Lipinski definition) is 7. The number of carboxylic acid groups (broad SMARTS) is 2. The van der Waals surface area contributed by atoms with Crippen molar-refractivity contribution < 1.29 is 43.6 Å². The van der Waals surface area contributed by atoms with Crippen molar-refractivity contribution in [1.29, 1.82) is 0 Å². The zero-order valence-corrected chi connectivity index (χ0v) is 28.6. The minimum Gasteiger partial charge on any atom is -0.478 e. The van der Waals surface area contributed by atoms with Crippen LogP contribution in [0, 0.1) is 24.7 Å². The molecule has 2 amide bonds. The maximum atomic E-state index is 12.9. The zero-order valence-electron chi connectivity index (χ0n) is 28.6. The van der Waals surface area contributed by atoms with E-state index in [2.05, 4.69) is 22.5 Å². The molecule has 0 saturated heterocycles. The largest absolute Gasteiger partial charge is 0.478 e. The summed E-state index contributed by atoms with van der Waals surface area (Å²) in [7, 11) is 0. The third-order valence-corrected chi connectivity index (χ3v) is 7.91. The highest BCUT2D eigenvalue weighted by Gasteiger charge is 2.20. The average Bonchev–Trinajstić information content (AvgIpc) is 3.19. The Morgan fingerprint density at radius 1 is 0.418 bits per heavy atom. The van der Waals surface area contributed by atoms with Crippen LogP contribution in [0.2, 0.25) is 0 Å². The summed E-state index contributed by atoms with van der Waals surface area (Å²) in [5.41, 5.74) is 1.61. The maximum Gasteiger partial charge on any atom is 0.336 e. The van der Waals surface area contributed by atoms with Crippen LogP contribution in [0.5, 0.6) is 34.5 Å². The predicted molar refractivity (Wildman–Crippen MR) is 205 cm³/mol. The van der Waals surface area contributed by atoms with E-state index in [1.165, 1.54) is 36.4 Å². The molecule has 0 radical (unpaired) electrons.